The van der Waals surface area contributed by atoms with Gasteiger partial charge in [0, 0.05) is 33.2 Å². The summed E-state index contributed by atoms with van der Waals surface area (Å²) >= 11 is 0. The molecule has 12 nitrogen and oxygen atoms in total. The lowest BCUT2D eigenvalue weighted by atomic mass is 10.2. The van der Waals surface area contributed by atoms with Gasteiger partial charge in [0.1, 0.15) is 16.2 Å². The fourth-order valence-electron chi connectivity index (χ4n) is 3.85. The summed E-state index contributed by atoms with van der Waals surface area (Å²) in [5, 5.41) is 6.90. The Balaban J connectivity index is 1.98. The first-order valence-corrected chi connectivity index (χ1v) is 12.6. The number of likely N-dealkylation sites (N-methyl/N-ethyl adjacent to an activating group) is 1. The van der Waals surface area contributed by atoms with Crippen molar-refractivity contribution < 1.29 is 22.7 Å². The number of aromatic nitrogens is 3. The smallest absolute Gasteiger partial charge is 0.269 e. The van der Waals surface area contributed by atoms with Crippen LogP contribution < -0.4 is 15.8 Å². The number of nitrogens with two attached hydrogens (primary N) is 1. The number of primary amides is 1. The summed E-state index contributed by atoms with van der Waals surface area (Å²) in [7, 11) is -2.32. The number of hydrogen-bond acceptors (Lipinski definition) is 8. The van der Waals surface area contributed by atoms with Gasteiger partial charge in [-0.3, -0.25) is 14.3 Å². The van der Waals surface area contributed by atoms with E-state index in [0.29, 0.717) is 38.3 Å². The maximum absolute atomic E-state index is 13.3. The van der Waals surface area contributed by atoms with Crippen LogP contribution in [0.4, 0.5) is 5.69 Å². The van der Waals surface area contributed by atoms with Gasteiger partial charge in [0.25, 0.3) is 11.8 Å². The second-order valence-electron chi connectivity index (χ2n) is 7.76. The van der Waals surface area contributed by atoms with Crippen molar-refractivity contribution in [2.24, 2.45) is 12.8 Å². The van der Waals surface area contributed by atoms with Gasteiger partial charge >= 0.3 is 0 Å². The number of anilines is 1. The van der Waals surface area contributed by atoms with Gasteiger partial charge in [-0.15, -0.1) is 0 Å². The third kappa shape index (κ3) is 5.05. The number of carbonyl (C=O) groups is 2. The van der Waals surface area contributed by atoms with Gasteiger partial charge < -0.3 is 20.7 Å². The molecule has 1 saturated heterocycles. The lowest BCUT2D eigenvalue weighted by Crippen LogP contribution is -2.48. The monoisotopic (exact) mass is 493 g/mol. The Labute approximate surface area is 199 Å². The number of ether oxygens (including phenoxy) is 1. The minimum atomic E-state index is -3.87. The molecule has 0 atom stereocenters. The number of carbonyl (C=O) groups excluding carboxylic acids is 2. The molecule has 1 aliphatic rings. The van der Waals surface area contributed by atoms with Crippen LogP contribution in [-0.2, 0) is 23.5 Å². The second-order valence-corrected chi connectivity index (χ2v) is 9.70. The zero-order valence-corrected chi connectivity index (χ0v) is 20.7. The number of piperazine rings is 1. The largest absolute Gasteiger partial charge is 0.477 e. The molecule has 1 aliphatic heterocycles. The van der Waals surface area contributed by atoms with Crippen LogP contribution in [0.25, 0.3) is 0 Å². The maximum Gasteiger partial charge on any atom is 0.269 e. The van der Waals surface area contributed by atoms with E-state index in [0.717, 1.165) is 6.54 Å². The number of nitrogens with zero attached hydrogens (tertiary/aromatic N) is 5. The minimum absolute atomic E-state index is 0.0164. The van der Waals surface area contributed by atoms with Crippen LogP contribution in [0, 0.1) is 0 Å². The molecule has 1 fully saturated rings. The zero-order chi connectivity index (χ0) is 25.0. The van der Waals surface area contributed by atoms with Gasteiger partial charge in [-0.2, -0.15) is 9.40 Å². The highest BCUT2D eigenvalue weighted by Gasteiger charge is 2.31. The molecule has 2 aromatic heterocycles. The first-order valence-electron chi connectivity index (χ1n) is 11.2. The van der Waals surface area contributed by atoms with Crippen LogP contribution in [-0.4, -0.2) is 83.5 Å². The molecular weight excluding hydrogens is 462 g/mol. The Hall–Kier alpha value is -3.03. The van der Waals surface area contributed by atoms with E-state index in [1.165, 1.54) is 21.3 Å². The Morgan fingerprint density at radius 2 is 1.85 bits per heavy atom. The lowest BCUT2D eigenvalue weighted by molar-refractivity contribution is 0.0992. The normalized spacial score (nSPS) is 15.3. The molecule has 2 aromatic rings. The summed E-state index contributed by atoms with van der Waals surface area (Å²) in [6.07, 6.45) is 1.63. The molecule has 0 unspecified atom stereocenters. The van der Waals surface area contributed by atoms with Crippen molar-refractivity contribution >= 4 is 27.5 Å². The van der Waals surface area contributed by atoms with E-state index >= 15 is 0 Å². The predicted molar refractivity (Wildman–Crippen MR) is 125 cm³/mol. The molecular formula is C21H31N7O5S. The molecule has 0 spiro atoms. The number of aryl methyl sites for hydroxylation is 2. The first-order chi connectivity index (χ1) is 16.1. The molecule has 3 N–H and O–H groups in total. The average molecular weight is 494 g/mol. The van der Waals surface area contributed by atoms with E-state index in [1.807, 2.05) is 13.8 Å². The number of sulfonamides is 1. The van der Waals surface area contributed by atoms with Crippen LogP contribution in [0.3, 0.4) is 0 Å². The Morgan fingerprint density at radius 1 is 1.18 bits per heavy atom. The van der Waals surface area contributed by atoms with Crippen molar-refractivity contribution in [1.29, 1.82) is 0 Å². The minimum Gasteiger partial charge on any atom is -0.477 e. The number of rotatable bonds is 9. The molecule has 0 aliphatic carbocycles. The number of pyridine rings is 1. The van der Waals surface area contributed by atoms with Gasteiger partial charge in [-0.05, 0) is 26.0 Å². The summed E-state index contributed by atoms with van der Waals surface area (Å²) < 4.78 is 34.7. The highest BCUT2D eigenvalue weighted by molar-refractivity contribution is 7.89. The molecule has 3 heterocycles. The second kappa shape index (κ2) is 10.5. The summed E-state index contributed by atoms with van der Waals surface area (Å²) in [6.45, 7) is 8.60. The highest BCUT2D eigenvalue weighted by atomic mass is 32.2. The Kier molecular flexibility index (Phi) is 7.89. The van der Waals surface area contributed by atoms with Gasteiger partial charge in [-0.25, -0.2) is 13.4 Å². The number of hydrogen-bond donors (Lipinski definition) is 2. The zero-order valence-electron chi connectivity index (χ0n) is 19.9. The fourth-order valence-corrected chi connectivity index (χ4v) is 5.24. The van der Waals surface area contributed by atoms with Crippen LogP contribution >= 0.6 is 0 Å². The van der Waals surface area contributed by atoms with E-state index < -0.39 is 21.8 Å². The number of nitrogens with one attached hydrogen (secondary N) is 1. The fraction of sp³-hybridized carbons (Fsp3) is 0.524. The van der Waals surface area contributed by atoms with Crippen LogP contribution in [0.15, 0.2) is 17.2 Å². The van der Waals surface area contributed by atoms with Crippen LogP contribution in [0.1, 0.15) is 47.3 Å². The summed E-state index contributed by atoms with van der Waals surface area (Å²) in [5.41, 5.74) is 6.09. The molecule has 186 valence electrons. The average Bonchev–Trinajstić information content (AvgIpc) is 3.14. The molecule has 2 amide bonds. The standard InChI is InChI=1S/C21H31N7O5S/c1-5-16-17(18(19(22)29)26(4)25-16)24-20(30)15-12-14(13-23-21(15)33-7-3)34(31,32)28-10-8-27(6-2)9-11-28/h12-13H,5-11H2,1-4H3,(H2,22,29)(H,24,30). The lowest BCUT2D eigenvalue weighted by Gasteiger charge is -2.33. The van der Waals surface area contributed by atoms with Crippen LogP contribution in [0.5, 0.6) is 5.88 Å². The third-order valence-electron chi connectivity index (χ3n) is 5.69. The molecule has 3 rings (SSSR count). The van der Waals surface area contributed by atoms with Crippen LogP contribution in [0.2, 0.25) is 0 Å². The molecule has 34 heavy (non-hydrogen) atoms. The summed E-state index contributed by atoms with van der Waals surface area (Å²) in [5.74, 6) is -1.46. The van der Waals surface area contributed by atoms with E-state index in [9.17, 15) is 18.0 Å². The first kappa shape index (κ1) is 25.6. The Bertz CT molecular complexity index is 1170. The predicted octanol–water partition coefficient (Wildman–Crippen LogP) is 0.454. The number of amides is 2. The topological polar surface area (TPSA) is 153 Å². The maximum atomic E-state index is 13.3. The molecule has 0 radical (unpaired) electrons. The Morgan fingerprint density at radius 3 is 2.41 bits per heavy atom. The van der Waals surface area contributed by atoms with E-state index in [2.05, 4.69) is 20.3 Å². The molecule has 0 saturated carbocycles. The van der Waals surface area contributed by atoms with Crippen molar-refractivity contribution in [2.45, 2.75) is 32.1 Å². The van der Waals surface area contributed by atoms with Gasteiger partial charge in [-0.1, -0.05) is 13.8 Å². The highest BCUT2D eigenvalue weighted by Crippen LogP contribution is 2.26. The SMILES string of the molecule is CCOc1ncc(S(=O)(=O)N2CCN(CC)CC2)cc1C(=O)Nc1c(CC)nn(C)c1C(N)=O. The molecule has 13 heteroatoms. The van der Waals surface area contributed by atoms with Crippen molar-refractivity contribution in [2.75, 3.05) is 44.6 Å². The van der Waals surface area contributed by atoms with Gasteiger partial charge in [0.15, 0.2) is 0 Å². The van der Waals surface area contributed by atoms with Crippen molar-refractivity contribution in [3.63, 3.8) is 0 Å². The van der Waals surface area contributed by atoms with E-state index in [4.69, 9.17) is 10.5 Å². The van der Waals surface area contributed by atoms with Gasteiger partial charge in [0.05, 0.1) is 24.2 Å². The summed E-state index contributed by atoms with van der Waals surface area (Å²) in [6, 6.07) is 1.25. The molecule has 0 bridgehead atoms. The van der Waals surface area contributed by atoms with Gasteiger partial charge in [0.2, 0.25) is 15.9 Å². The van der Waals surface area contributed by atoms with Crippen molar-refractivity contribution in [3.8, 4) is 5.88 Å². The quantitative estimate of drug-likeness (QED) is 0.511. The van der Waals surface area contributed by atoms with Crippen molar-refractivity contribution in [3.05, 3.63) is 29.2 Å². The third-order valence-corrected chi connectivity index (χ3v) is 7.56. The molecule has 0 aromatic carbocycles. The van der Waals surface area contributed by atoms with E-state index in [1.54, 1.807) is 14.0 Å². The van der Waals surface area contributed by atoms with Crippen molar-refractivity contribution in [1.82, 2.24) is 24.0 Å². The summed E-state index contributed by atoms with van der Waals surface area (Å²) in [4.78, 5) is 31.4. The van der Waals surface area contributed by atoms with E-state index in [-0.39, 0.29) is 34.3 Å².